The van der Waals surface area contributed by atoms with Crippen LogP contribution in [0.3, 0.4) is 0 Å². The molecule has 0 heterocycles. The SMILES string of the molecule is CCCCOCCNc1ccccc1CCOC. The fourth-order valence-electron chi connectivity index (χ4n) is 1.73. The Labute approximate surface area is 110 Å². The summed E-state index contributed by atoms with van der Waals surface area (Å²) in [6.45, 7) is 5.41. The molecule has 0 saturated heterocycles. The van der Waals surface area contributed by atoms with E-state index in [2.05, 4.69) is 36.5 Å². The van der Waals surface area contributed by atoms with Crippen LogP contribution in [0.1, 0.15) is 25.3 Å². The van der Waals surface area contributed by atoms with Gasteiger partial charge in [-0.3, -0.25) is 0 Å². The smallest absolute Gasteiger partial charge is 0.0639 e. The first kappa shape index (κ1) is 15.0. The number of rotatable bonds is 10. The molecule has 0 atom stereocenters. The van der Waals surface area contributed by atoms with Gasteiger partial charge in [-0.15, -0.1) is 0 Å². The molecule has 1 N–H and O–H groups in total. The molecule has 0 saturated carbocycles. The van der Waals surface area contributed by atoms with Gasteiger partial charge in [0.15, 0.2) is 0 Å². The predicted octanol–water partition coefficient (Wildman–Crippen LogP) is 3.10. The Morgan fingerprint density at radius 1 is 1.11 bits per heavy atom. The van der Waals surface area contributed by atoms with E-state index in [9.17, 15) is 0 Å². The van der Waals surface area contributed by atoms with Gasteiger partial charge >= 0.3 is 0 Å². The first-order valence-corrected chi connectivity index (χ1v) is 6.77. The molecule has 1 rings (SSSR count). The van der Waals surface area contributed by atoms with E-state index in [0.29, 0.717) is 0 Å². The summed E-state index contributed by atoms with van der Waals surface area (Å²) in [6, 6.07) is 8.36. The summed E-state index contributed by atoms with van der Waals surface area (Å²) in [5.74, 6) is 0. The van der Waals surface area contributed by atoms with E-state index in [4.69, 9.17) is 9.47 Å². The number of hydrogen-bond donors (Lipinski definition) is 1. The second-order valence-corrected chi connectivity index (χ2v) is 4.29. The van der Waals surface area contributed by atoms with Crippen molar-refractivity contribution in [3.05, 3.63) is 29.8 Å². The van der Waals surface area contributed by atoms with Gasteiger partial charge in [0.2, 0.25) is 0 Å². The molecule has 0 aromatic heterocycles. The fourth-order valence-corrected chi connectivity index (χ4v) is 1.73. The van der Waals surface area contributed by atoms with E-state index in [1.165, 1.54) is 17.7 Å². The Morgan fingerprint density at radius 2 is 1.94 bits per heavy atom. The first-order valence-electron chi connectivity index (χ1n) is 6.77. The van der Waals surface area contributed by atoms with Gasteiger partial charge in [-0.05, 0) is 24.5 Å². The van der Waals surface area contributed by atoms with E-state index in [1.54, 1.807) is 7.11 Å². The van der Waals surface area contributed by atoms with Crippen molar-refractivity contribution < 1.29 is 9.47 Å². The molecule has 1 aromatic carbocycles. The minimum absolute atomic E-state index is 0.756. The van der Waals surface area contributed by atoms with Crippen LogP contribution in [0.15, 0.2) is 24.3 Å². The Hall–Kier alpha value is -1.06. The fraction of sp³-hybridized carbons (Fsp3) is 0.600. The Morgan fingerprint density at radius 3 is 2.72 bits per heavy atom. The Balaban J connectivity index is 2.27. The van der Waals surface area contributed by atoms with E-state index in [0.717, 1.165) is 39.2 Å². The van der Waals surface area contributed by atoms with Crippen LogP contribution in [0.4, 0.5) is 5.69 Å². The van der Waals surface area contributed by atoms with Crippen molar-refractivity contribution in [2.45, 2.75) is 26.2 Å². The molecule has 0 unspecified atom stereocenters. The quantitative estimate of drug-likeness (QED) is 0.648. The van der Waals surface area contributed by atoms with Gasteiger partial charge in [-0.1, -0.05) is 31.5 Å². The lowest BCUT2D eigenvalue weighted by Crippen LogP contribution is -2.11. The average molecular weight is 251 g/mol. The number of para-hydroxylation sites is 1. The molecule has 0 fully saturated rings. The van der Waals surface area contributed by atoms with Gasteiger partial charge in [0.05, 0.1) is 13.2 Å². The maximum Gasteiger partial charge on any atom is 0.0639 e. The zero-order chi connectivity index (χ0) is 13.1. The van der Waals surface area contributed by atoms with Crippen LogP contribution in [0.2, 0.25) is 0 Å². The van der Waals surface area contributed by atoms with Crippen LogP contribution in [-0.4, -0.2) is 33.5 Å². The number of methoxy groups -OCH3 is 1. The molecule has 0 amide bonds. The largest absolute Gasteiger partial charge is 0.384 e. The van der Waals surface area contributed by atoms with E-state index in [1.807, 2.05) is 0 Å². The lowest BCUT2D eigenvalue weighted by Gasteiger charge is -2.12. The summed E-state index contributed by atoms with van der Waals surface area (Å²) in [4.78, 5) is 0. The molecular weight excluding hydrogens is 226 g/mol. The summed E-state index contributed by atoms with van der Waals surface area (Å²) in [7, 11) is 1.73. The molecule has 102 valence electrons. The van der Waals surface area contributed by atoms with Crippen LogP contribution in [0, 0.1) is 0 Å². The van der Waals surface area contributed by atoms with Crippen molar-refractivity contribution in [3.8, 4) is 0 Å². The van der Waals surface area contributed by atoms with Crippen molar-refractivity contribution in [1.29, 1.82) is 0 Å². The zero-order valence-corrected chi connectivity index (χ0v) is 11.6. The van der Waals surface area contributed by atoms with Crippen molar-refractivity contribution in [2.75, 3.05) is 38.8 Å². The van der Waals surface area contributed by atoms with Crippen LogP contribution in [-0.2, 0) is 15.9 Å². The van der Waals surface area contributed by atoms with Crippen LogP contribution >= 0.6 is 0 Å². The lowest BCUT2D eigenvalue weighted by molar-refractivity contribution is 0.141. The van der Waals surface area contributed by atoms with Crippen LogP contribution in [0.25, 0.3) is 0 Å². The van der Waals surface area contributed by atoms with Crippen molar-refractivity contribution in [3.63, 3.8) is 0 Å². The maximum absolute atomic E-state index is 5.53. The monoisotopic (exact) mass is 251 g/mol. The highest BCUT2D eigenvalue weighted by Crippen LogP contribution is 2.15. The third kappa shape index (κ3) is 6.03. The molecule has 0 radical (unpaired) electrons. The highest BCUT2D eigenvalue weighted by Gasteiger charge is 2.00. The summed E-state index contributed by atoms with van der Waals surface area (Å²) >= 11 is 0. The van der Waals surface area contributed by atoms with Crippen molar-refractivity contribution in [1.82, 2.24) is 0 Å². The second-order valence-electron chi connectivity index (χ2n) is 4.29. The lowest BCUT2D eigenvalue weighted by atomic mass is 10.1. The molecule has 1 aromatic rings. The second kappa shape index (κ2) is 9.92. The molecule has 0 bridgehead atoms. The third-order valence-electron chi connectivity index (χ3n) is 2.80. The minimum Gasteiger partial charge on any atom is -0.384 e. The molecule has 0 aliphatic heterocycles. The summed E-state index contributed by atoms with van der Waals surface area (Å²) < 4.78 is 10.6. The average Bonchev–Trinajstić information content (AvgIpc) is 2.41. The number of unbranched alkanes of at least 4 members (excludes halogenated alkanes) is 1. The van der Waals surface area contributed by atoms with Gasteiger partial charge in [0.1, 0.15) is 0 Å². The van der Waals surface area contributed by atoms with Gasteiger partial charge < -0.3 is 14.8 Å². The number of benzene rings is 1. The Bertz CT molecular complexity index is 315. The van der Waals surface area contributed by atoms with Gasteiger partial charge in [-0.2, -0.15) is 0 Å². The van der Waals surface area contributed by atoms with E-state index in [-0.39, 0.29) is 0 Å². The van der Waals surface area contributed by atoms with Gasteiger partial charge in [0.25, 0.3) is 0 Å². The molecule has 3 nitrogen and oxygen atoms in total. The number of hydrogen-bond acceptors (Lipinski definition) is 3. The molecule has 0 aliphatic carbocycles. The highest BCUT2D eigenvalue weighted by atomic mass is 16.5. The third-order valence-corrected chi connectivity index (χ3v) is 2.80. The molecule has 3 heteroatoms. The number of nitrogens with one attached hydrogen (secondary N) is 1. The first-order chi connectivity index (χ1) is 8.88. The maximum atomic E-state index is 5.53. The van der Waals surface area contributed by atoms with Gasteiger partial charge in [-0.25, -0.2) is 0 Å². The topological polar surface area (TPSA) is 30.5 Å². The van der Waals surface area contributed by atoms with Crippen LogP contribution in [0.5, 0.6) is 0 Å². The molecule has 18 heavy (non-hydrogen) atoms. The van der Waals surface area contributed by atoms with Gasteiger partial charge in [0, 0.05) is 25.9 Å². The molecular formula is C15H25NO2. The molecule has 0 aliphatic rings. The predicted molar refractivity (Wildman–Crippen MR) is 76.2 cm³/mol. The Kier molecular flexibility index (Phi) is 8.26. The van der Waals surface area contributed by atoms with E-state index < -0.39 is 0 Å². The highest BCUT2D eigenvalue weighted by molar-refractivity contribution is 5.51. The standard InChI is InChI=1S/C15H25NO2/c1-3-4-11-18-13-10-16-15-8-6-5-7-14(15)9-12-17-2/h5-8,16H,3-4,9-13H2,1-2H3. The molecule has 0 spiro atoms. The summed E-state index contributed by atoms with van der Waals surface area (Å²) in [5, 5.41) is 3.42. The zero-order valence-electron chi connectivity index (χ0n) is 11.6. The van der Waals surface area contributed by atoms with E-state index >= 15 is 0 Å². The summed E-state index contributed by atoms with van der Waals surface area (Å²) in [6.07, 6.45) is 3.27. The van der Waals surface area contributed by atoms with Crippen molar-refractivity contribution in [2.24, 2.45) is 0 Å². The number of ether oxygens (including phenoxy) is 2. The number of anilines is 1. The van der Waals surface area contributed by atoms with Crippen molar-refractivity contribution >= 4 is 5.69 Å². The van der Waals surface area contributed by atoms with Crippen LogP contribution < -0.4 is 5.32 Å². The summed E-state index contributed by atoms with van der Waals surface area (Å²) in [5.41, 5.74) is 2.49. The minimum atomic E-state index is 0.756. The normalized spacial score (nSPS) is 10.6.